The third-order valence-electron chi connectivity index (χ3n) is 0.572. The van der Waals surface area contributed by atoms with Gasteiger partial charge in [-0.1, -0.05) is 13.8 Å². The first-order valence-corrected chi connectivity index (χ1v) is 3.10. The molecule has 0 saturated carbocycles. The van der Waals surface area contributed by atoms with E-state index in [9.17, 15) is 9.18 Å². The fourth-order valence-corrected chi connectivity index (χ4v) is 0.223. The molecule has 0 aromatic heterocycles. The Kier molecular flexibility index (Phi) is 13.3. The second kappa shape index (κ2) is 10.5. The van der Waals surface area contributed by atoms with E-state index >= 15 is 0 Å². The average Bonchev–Trinajstić information content (AvgIpc) is 1.88. The fraction of sp³-hybridized carbons (Fsp3) is 0.833. The van der Waals surface area contributed by atoms with Crippen LogP contribution in [0.3, 0.4) is 0 Å². The lowest BCUT2D eigenvalue weighted by molar-refractivity contribution is -0.129. The Balaban J connectivity index is 0. The first kappa shape index (κ1) is 11.4. The van der Waals surface area contributed by atoms with E-state index in [0.717, 1.165) is 0 Å². The minimum atomic E-state index is -1.26. The molecule has 0 aromatic carbocycles. The van der Waals surface area contributed by atoms with Crippen molar-refractivity contribution in [1.82, 2.24) is 5.32 Å². The smallest absolute Gasteiger partial charge is 0.302 e. The zero-order valence-corrected chi connectivity index (χ0v) is 6.20. The van der Waals surface area contributed by atoms with Crippen LogP contribution in [0.4, 0.5) is 4.39 Å². The van der Waals surface area contributed by atoms with Crippen molar-refractivity contribution >= 4 is 6.04 Å². The highest BCUT2D eigenvalue weighted by atomic mass is 19.1. The lowest BCUT2D eigenvalue weighted by Gasteiger charge is -1.87. The van der Waals surface area contributed by atoms with Gasteiger partial charge in [0.2, 0.25) is 0 Å². The molecule has 56 valence electrons. The lowest BCUT2D eigenvalue weighted by atomic mass is 10.5. The van der Waals surface area contributed by atoms with E-state index in [2.05, 4.69) is 5.32 Å². The van der Waals surface area contributed by atoms with E-state index in [1.54, 1.807) is 7.05 Å². The average molecular weight is 135 g/mol. The molecule has 0 radical (unpaired) electrons. The molecule has 9 heavy (non-hydrogen) atoms. The lowest BCUT2D eigenvalue weighted by Crippen LogP contribution is -2.09. The summed E-state index contributed by atoms with van der Waals surface area (Å²) in [5.74, 6) is 0. The second-order valence-corrected chi connectivity index (χ2v) is 1.21. The maximum atomic E-state index is 11.2. The molecule has 0 atom stereocenters. The summed E-state index contributed by atoms with van der Waals surface area (Å²) in [6.45, 7) is 4.43. The van der Waals surface area contributed by atoms with Gasteiger partial charge in [0.05, 0.1) is 6.42 Å². The van der Waals surface area contributed by atoms with Crippen molar-refractivity contribution < 1.29 is 9.18 Å². The molecule has 0 spiro atoms. The van der Waals surface area contributed by atoms with Gasteiger partial charge in [-0.3, -0.25) is 4.79 Å². The summed E-state index contributed by atoms with van der Waals surface area (Å²) in [4.78, 5) is 9.50. The molecule has 0 aliphatic carbocycles. The van der Waals surface area contributed by atoms with Crippen LogP contribution in [-0.2, 0) is 4.79 Å². The Morgan fingerprint density at radius 3 is 2.11 bits per heavy atom. The Morgan fingerprint density at radius 2 is 2.00 bits per heavy atom. The van der Waals surface area contributed by atoms with Crippen LogP contribution in [0.15, 0.2) is 0 Å². The van der Waals surface area contributed by atoms with Gasteiger partial charge in [-0.05, 0) is 7.05 Å². The van der Waals surface area contributed by atoms with Gasteiger partial charge in [0.15, 0.2) is 0 Å². The van der Waals surface area contributed by atoms with Gasteiger partial charge in [-0.15, -0.1) is 0 Å². The zero-order valence-electron chi connectivity index (χ0n) is 6.20. The van der Waals surface area contributed by atoms with Crippen LogP contribution in [0.5, 0.6) is 0 Å². The summed E-state index contributed by atoms with van der Waals surface area (Å²) in [6.07, 6.45) is -0.0174. The maximum absolute atomic E-state index is 11.2. The molecule has 0 amide bonds. The first-order chi connectivity index (χ1) is 4.27. The van der Waals surface area contributed by atoms with Gasteiger partial charge in [0, 0.05) is 6.54 Å². The van der Waals surface area contributed by atoms with Crippen LogP contribution in [0.1, 0.15) is 20.3 Å². The summed E-state index contributed by atoms with van der Waals surface area (Å²) in [5, 5.41) is 2.64. The molecule has 0 aliphatic rings. The molecule has 2 nitrogen and oxygen atoms in total. The van der Waals surface area contributed by atoms with Crippen molar-refractivity contribution in [2.45, 2.75) is 20.3 Å². The number of nitrogens with one attached hydrogen (secondary N) is 1. The predicted molar refractivity (Wildman–Crippen MR) is 36.0 cm³/mol. The molecule has 0 aliphatic heterocycles. The minimum absolute atomic E-state index is 0.0174. The minimum Gasteiger partial charge on any atom is -0.319 e. The van der Waals surface area contributed by atoms with Crippen LogP contribution in [0.25, 0.3) is 0 Å². The second-order valence-electron chi connectivity index (χ2n) is 1.21. The predicted octanol–water partition coefficient (Wildman–Crippen LogP) is 1.12. The zero-order chi connectivity index (χ0) is 7.70. The van der Waals surface area contributed by atoms with Gasteiger partial charge in [-0.2, -0.15) is 4.39 Å². The molecule has 0 heterocycles. The molecule has 0 bridgehead atoms. The third kappa shape index (κ3) is 18.4. The first-order valence-electron chi connectivity index (χ1n) is 3.10. The molecule has 1 N–H and O–H groups in total. The standard InChI is InChI=1S/C4H8FNO.C2H6/c1-6-3-2-4(5)7;1-2/h6H,2-3H2,1H3;1-2H3. The van der Waals surface area contributed by atoms with E-state index in [0.29, 0.717) is 6.54 Å². The van der Waals surface area contributed by atoms with Gasteiger partial charge >= 0.3 is 6.04 Å². The summed E-state index contributed by atoms with van der Waals surface area (Å²) in [6, 6.07) is -1.26. The summed E-state index contributed by atoms with van der Waals surface area (Å²) >= 11 is 0. The Morgan fingerprint density at radius 1 is 1.56 bits per heavy atom. The molecule has 0 unspecified atom stereocenters. The number of hydrogen-bond acceptors (Lipinski definition) is 2. The van der Waals surface area contributed by atoms with Crippen molar-refractivity contribution in [3.05, 3.63) is 0 Å². The Labute approximate surface area is 55.4 Å². The number of carbonyl (C=O) groups excluding carboxylic acids is 1. The van der Waals surface area contributed by atoms with Gasteiger partial charge in [-0.25, -0.2) is 0 Å². The number of hydrogen-bond donors (Lipinski definition) is 1. The van der Waals surface area contributed by atoms with Crippen molar-refractivity contribution in [3.63, 3.8) is 0 Å². The Bertz CT molecular complexity index is 66.1. The third-order valence-corrected chi connectivity index (χ3v) is 0.572. The highest BCUT2D eigenvalue weighted by Crippen LogP contribution is 1.78. The van der Waals surface area contributed by atoms with E-state index in [4.69, 9.17) is 0 Å². The van der Waals surface area contributed by atoms with Crippen molar-refractivity contribution in [3.8, 4) is 0 Å². The quantitative estimate of drug-likeness (QED) is 0.587. The highest BCUT2D eigenvalue weighted by Gasteiger charge is 1.92. The molecule has 0 rings (SSSR count). The molecule has 3 heteroatoms. The van der Waals surface area contributed by atoms with Gasteiger partial charge in [0.25, 0.3) is 0 Å². The topological polar surface area (TPSA) is 29.1 Å². The van der Waals surface area contributed by atoms with E-state index in [-0.39, 0.29) is 6.42 Å². The van der Waals surface area contributed by atoms with Crippen molar-refractivity contribution in [1.29, 1.82) is 0 Å². The van der Waals surface area contributed by atoms with Crippen LogP contribution < -0.4 is 5.32 Å². The molecule has 0 aromatic rings. The molecular formula is C6H14FNO. The number of carbonyl (C=O) groups is 1. The summed E-state index contributed by atoms with van der Waals surface area (Å²) in [7, 11) is 1.67. The fourth-order valence-electron chi connectivity index (χ4n) is 0.223. The Hall–Kier alpha value is -0.440. The van der Waals surface area contributed by atoms with E-state index in [1.807, 2.05) is 13.8 Å². The van der Waals surface area contributed by atoms with E-state index in [1.165, 1.54) is 0 Å². The monoisotopic (exact) mass is 135 g/mol. The van der Waals surface area contributed by atoms with Crippen LogP contribution in [-0.4, -0.2) is 19.6 Å². The molecule has 0 saturated heterocycles. The number of rotatable bonds is 3. The van der Waals surface area contributed by atoms with Crippen LogP contribution >= 0.6 is 0 Å². The molecular weight excluding hydrogens is 121 g/mol. The maximum Gasteiger partial charge on any atom is 0.302 e. The SMILES string of the molecule is CC.CNCCC(=O)F. The van der Waals surface area contributed by atoms with Gasteiger partial charge in [0.1, 0.15) is 0 Å². The van der Waals surface area contributed by atoms with Crippen LogP contribution in [0, 0.1) is 0 Å². The normalized spacial score (nSPS) is 7.56. The van der Waals surface area contributed by atoms with Crippen molar-refractivity contribution in [2.75, 3.05) is 13.6 Å². The summed E-state index contributed by atoms with van der Waals surface area (Å²) < 4.78 is 11.2. The van der Waals surface area contributed by atoms with Crippen molar-refractivity contribution in [2.24, 2.45) is 0 Å². The number of halogens is 1. The highest BCUT2D eigenvalue weighted by molar-refractivity contribution is 5.67. The van der Waals surface area contributed by atoms with Crippen LogP contribution in [0.2, 0.25) is 0 Å². The van der Waals surface area contributed by atoms with E-state index < -0.39 is 6.04 Å². The molecule has 0 fully saturated rings. The van der Waals surface area contributed by atoms with Gasteiger partial charge < -0.3 is 5.32 Å². The summed E-state index contributed by atoms with van der Waals surface area (Å²) in [5.41, 5.74) is 0. The largest absolute Gasteiger partial charge is 0.319 e.